The van der Waals surface area contributed by atoms with E-state index in [9.17, 15) is 0 Å². The van der Waals surface area contributed by atoms with Crippen molar-refractivity contribution in [2.45, 2.75) is 18.8 Å². The third-order valence-corrected chi connectivity index (χ3v) is 4.30. The summed E-state index contributed by atoms with van der Waals surface area (Å²) >= 11 is 2.00. The Morgan fingerprint density at radius 3 is 3.18 bits per heavy atom. The number of thioether (sulfide) groups is 1. The SMILES string of the molecule is COc1ccc2nc(C3CCCSC3)nn2c1. The van der Waals surface area contributed by atoms with Gasteiger partial charge in [-0.2, -0.15) is 16.9 Å². The van der Waals surface area contributed by atoms with Gasteiger partial charge < -0.3 is 4.74 Å². The molecule has 2 aromatic rings. The molecule has 1 atom stereocenters. The standard InChI is InChI=1S/C12H15N3OS/c1-16-10-4-5-11-13-12(14-15(11)7-10)9-3-2-6-17-8-9/h4-5,7,9H,2-3,6,8H2,1H3. The Bertz CT molecular complexity index is 519. The number of hydrogen-bond donors (Lipinski definition) is 0. The van der Waals surface area contributed by atoms with Crippen LogP contribution in [0.2, 0.25) is 0 Å². The molecule has 0 aliphatic carbocycles. The summed E-state index contributed by atoms with van der Waals surface area (Å²) in [6.07, 6.45) is 4.36. The maximum atomic E-state index is 5.18. The first-order valence-corrected chi connectivity index (χ1v) is 7.00. The number of fused-ring (bicyclic) bond motifs is 1. The highest BCUT2D eigenvalue weighted by molar-refractivity contribution is 7.99. The van der Waals surface area contributed by atoms with Crippen molar-refractivity contribution < 1.29 is 4.74 Å². The van der Waals surface area contributed by atoms with Crippen LogP contribution in [0.1, 0.15) is 24.6 Å². The molecule has 0 spiro atoms. The summed E-state index contributed by atoms with van der Waals surface area (Å²) in [5, 5.41) is 4.56. The van der Waals surface area contributed by atoms with Gasteiger partial charge in [0.2, 0.25) is 0 Å². The van der Waals surface area contributed by atoms with Gasteiger partial charge in [-0.25, -0.2) is 9.50 Å². The van der Waals surface area contributed by atoms with Gasteiger partial charge in [-0.1, -0.05) is 0 Å². The highest BCUT2D eigenvalue weighted by Gasteiger charge is 2.20. The molecule has 1 fully saturated rings. The van der Waals surface area contributed by atoms with Crippen LogP contribution in [0.3, 0.4) is 0 Å². The van der Waals surface area contributed by atoms with E-state index in [1.54, 1.807) is 7.11 Å². The Hall–Kier alpha value is -1.23. The van der Waals surface area contributed by atoms with Crippen LogP contribution in [0, 0.1) is 0 Å². The van der Waals surface area contributed by atoms with Crippen molar-refractivity contribution in [2.75, 3.05) is 18.6 Å². The smallest absolute Gasteiger partial charge is 0.155 e. The Morgan fingerprint density at radius 2 is 2.41 bits per heavy atom. The molecule has 0 bridgehead atoms. The van der Waals surface area contributed by atoms with Crippen molar-refractivity contribution in [3.8, 4) is 5.75 Å². The van der Waals surface area contributed by atoms with E-state index in [0.29, 0.717) is 5.92 Å². The largest absolute Gasteiger partial charge is 0.495 e. The number of aromatic nitrogens is 3. The summed E-state index contributed by atoms with van der Waals surface area (Å²) in [6, 6.07) is 3.87. The quantitative estimate of drug-likeness (QED) is 0.819. The summed E-state index contributed by atoms with van der Waals surface area (Å²) in [5.41, 5.74) is 0.899. The maximum Gasteiger partial charge on any atom is 0.155 e. The Morgan fingerprint density at radius 1 is 1.47 bits per heavy atom. The Balaban J connectivity index is 1.95. The van der Waals surface area contributed by atoms with Gasteiger partial charge in [0.25, 0.3) is 0 Å². The Kier molecular flexibility index (Phi) is 2.93. The highest BCUT2D eigenvalue weighted by Crippen LogP contribution is 2.29. The van der Waals surface area contributed by atoms with Crippen molar-refractivity contribution in [3.63, 3.8) is 0 Å². The minimum Gasteiger partial charge on any atom is -0.495 e. The molecule has 90 valence electrons. The van der Waals surface area contributed by atoms with Gasteiger partial charge in [0.15, 0.2) is 11.5 Å². The van der Waals surface area contributed by atoms with E-state index in [2.05, 4.69) is 10.1 Å². The van der Waals surface area contributed by atoms with E-state index >= 15 is 0 Å². The van der Waals surface area contributed by atoms with Crippen molar-refractivity contribution >= 4 is 17.4 Å². The molecule has 1 saturated heterocycles. The summed E-state index contributed by atoms with van der Waals surface area (Å²) in [6.45, 7) is 0. The molecule has 1 aliphatic heterocycles. The van der Waals surface area contributed by atoms with Crippen LogP contribution in [0.5, 0.6) is 5.75 Å². The first kappa shape index (κ1) is 10.9. The lowest BCUT2D eigenvalue weighted by molar-refractivity contribution is 0.411. The van der Waals surface area contributed by atoms with E-state index in [4.69, 9.17) is 4.74 Å². The van der Waals surface area contributed by atoms with Crippen LogP contribution in [-0.2, 0) is 0 Å². The third-order valence-electron chi connectivity index (χ3n) is 3.08. The number of ether oxygens (including phenoxy) is 1. The van der Waals surface area contributed by atoms with E-state index < -0.39 is 0 Å². The number of methoxy groups -OCH3 is 1. The minimum absolute atomic E-state index is 0.514. The van der Waals surface area contributed by atoms with Crippen molar-refractivity contribution in [2.24, 2.45) is 0 Å². The fourth-order valence-electron chi connectivity index (χ4n) is 2.12. The lowest BCUT2D eigenvalue weighted by Crippen LogP contribution is -2.10. The summed E-state index contributed by atoms with van der Waals surface area (Å²) < 4.78 is 7.00. The van der Waals surface area contributed by atoms with Gasteiger partial charge in [-0.15, -0.1) is 0 Å². The van der Waals surface area contributed by atoms with E-state index in [0.717, 1.165) is 23.0 Å². The first-order valence-electron chi connectivity index (χ1n) is 5.85. The van der Waals surface area contributed by atoms with Gasteiger partial charge in [0.05, 0.1) is 13.3 Å². The van der Waals surface area contributed by atoms with Gasteiger partial charge in [-0.3, -0.25) is 0 Å². The lowest BCUT2D eigenvalue weighted by Gasteiger charge is -2.17. The Labute approximate surface area is 104 Å². The molecule has 0 saturated carbocycles. The fraction of sp³-hybridized carbons (Fsp3) is 0.500. The number of pyridine rings is 1. The number of rotatable bonds is 2. The number of hydrogen-bond acceptors (Lipinski definition) is 4. The van der Waals surface area contributed by atoms with Crippen molar-refractivity contribution in [1.82, 2.24) is 14.6 Å². The van der Waals surface area contributed by atoms with E-state index in [1.165, 1.54) is 18.6 Å². The van der Waals surface area contributed by atoms with E-state index in [1.807, 2.05) is 34.6 Å². The van der Waals surface area contributed by atoms with E-state index in [-0.39, 0.29) is 0 Å². The first-order chi connectivity index (χ1) is 8.36. The topological polar surface area (TPSA) is 39.4 Å². The van der Waals surface area contributed by atoms with Crippen LogP contribution in [-0.4, -0.2) is 33.2 Å². The summed E-state index contributed by atoms with van der Waals surface area (Å²) in [7, 11) is 1.66. The second-order valence-electron chi connectivity index (χ2n) is 4.26. The van der Waals surface area contributed by atoms with Crippen LogP contribution in [0.25, 0.3) is 5.65 Å². The van der Waals surface area contributed by atoms with Gasteiger partial charge >= 0.3 is 0 Å². The zero-order valence-electron chi connectivity index (χ0n) is 9.80. The van der Waals surface area contributed by atoms with Crippen LogP contribution < -0.4 is 4.74 Å². The van der Waals surface area contributed by atoms with Gasteiger partial charge in [-0.05, 0) is 30.7 Å². The fourth-order valence-corrected chi connectivity index (χ4v) is 3.26. The molecule has 3 rings (SSSR count). The molecule has 17 heavy (non-hydrogen) atoms. The zero-order valence-corrected chi connectivity index (χ0v) is 10.6. The molecule has 0 radical (unpaired) electrons. The molecule has 0 aromatic carbocycles. The molecular weight excluding hydrogens is 234 g/mol. The molecule has 0 amide bonds. The molecule has 1 unspecified atom stereocenters. The van der Waals surface area contributed by atoms with Crippen LogP contribution in [0.4, 0.5) is 0 Å². The summed E-state index contributed by atoms with van der Waals surface area (Å²) in [4.78, 5) is 4.59. The van der Waals surface area contributed by atoms with Gasteiger partial charge in [0.1, 0.15) is 5.75 Å². The second kappa shape index (κ2) is 4.56. The predicted molar refractivity (Wildman–Crippen MR) is 68.8 cm³/mol. The molecule has 4 nitrogen and oxygen atoms in total. The molecular formula is C12H15N3OS. The van der Waals surface area contributed by atoms with Crippen molar-refractivity contribution in [1.29, 1.82) is 0 Å². The molecule has 5 heteroatoms. The minimum atomic E-state index is 0.514. The number of nitrogens with zero attached hydrogens (tertiary/aromatic N) is 3. The average Bonchev–Trinajstić information content (AvgIpc) is 2.82. The monoisotopic (exact) mass is 249 g/mol. The molecule has 3 heterocycles. The average molecular weight is 249 g/mol. The third kappa shape index (κ3) is 2.11. The molecule has 2 aromatic heterocycles. The second-order valence-corrected chi connectivity index (χ2v) is 5.41. The van der Waals surface area contributed by atoms with Crippen LogP contribution >= 0.6 is 11.8 Å². The maximum absolute atomic E-state index is 5.18. The van der Waals surface area contributed by atoms with Gasteiger partial charge in [0, 0.05) is 11.7 Å². The van der Waals surface area contributed by atoms with Crippen LogP contribution in [0.15, 0.2) is 18.3 Å². The lowest BCUT2D eigenvalue weighted by atomic mass is 10.1. The molecule has 0 N–H and O–H groups in total. The van der Waals surface area contributed by atoms with Crippen molar-refractivity contribution in [3.05, 3.63) is 24.2 Å². The predicted octanol–water partition coefficient (Wildman–Crippen LogP) is 2.35. The zero-order chi connectivity index (χ0) is 11.7. The highest BCUT2D eigenvalue weighted by atomic mass is 32.2. The molecule has 1 aliphatic rings. The normalized spacial score (nSPS) is 20.6. The summed E-state index contributed by atoms with van der Waals surface area (Å²) in [5.74, 6) is 4.73.